The third-order valence-corrected chi connectivity index (χ3v) is 3.57. The summed E-state index contributed by atoms with van der Waals surface area (Å²) in [4.78, 5) is 29.1. The number of nitrogens with one attached hydrogen (secondary N) is 1. The van der Waals surface area contributed by atoms with E-state index >= 15 is 0 Å². The monoisotopic (exact) mass is 355 g/mol. The molecular formula is C15H12Cl2FN3O2. The van der Waals surface area contributed by atoms with Gasteiger partial charge in [-0.1, -0.05) is 29.3 Å². The molecule has 1 heterocycles. The van der Waals surface area contributed by atoms with E-state index in [1.54, 1.807) is 6.07 Å². The van der Waals surface area contributed by atoms with Gasteiger partial charge in [-0.2, -0.15) is 0 Å². The molecule has 0 saturated carbocycles. The van der Waals surface area contributed by atoms with E-state index in [2.05, 4.69) is 10.3 Å². The van der Waals surface area contributed by atoms with Crippen LogP contribution < -0.4 is 5.32 Å². The van der Waals surface area contributed by atoms with Gasteiger partial charge in [-0.05, 0) is 24.3 Å². The molecule has 0 aliphatic heterocycles. The van der Waals surface area contributed by atoms with Crippen LogP contribution in [0.25, 0.3) is 0 Å². The third-order valence-electron chi connectivity index (χ3n) is 2.88. The minimum absolute atomic E-state index is 0.0923. The minimum Gasteiger partial charge on any atom is -0.332 e. The van der Waals surface area contributed by atoms with Crippen LogP contribution in [0.5, 0.6) is 0 Å². The van der Waals surface area contributed by atoms with Crippen molar-refractivity contribution >= 4 is 40.7 Å². The molecule has 1 aromatic carbocycles. The zero-order valence-electron chi connectivity index (χ0n) is 12.0. The Morgan fingerprint density at radius 1 is 1.30 bits per heavy atom. The number of pyridine rings is 1. The van der Waals surface area contributed by atoms with Crippen molar-refractivity contribution in [3.63, 3.8) is 0 Å². The summed E-state index contributed by atoms with van der Waals surface area (Å²) < 4.78 is 13.1. The molecule has 0 fully saturated rings. The van der Waals surface area contributed by atoms with Gasteiger partial charge in [-0.25, -0.2) is 9.37 Å². The lowest BCUT2D eigenvalue weighted by Gasteiger charge is -2.17. The predicted octanol–water partition coefficient (Wildman–Crippen LogP) is 3.24. The number of halogens is 3. The summed E-state index contributed by atoms with van der Waals surface area (Å²) in [6.07, 6.45) is 1.28. The van der Waals surface area contributed by atoms with Crippen molar-refractivity contribution in [3.8, 4) is 0 Å². The highest BCUT2D eigenvalue weighted by molar-refractivity contribution is 6.41. The van der Waals surface area contributed by atoms with E-state index in [1.165, 1.54) is 42.4 Å². The fourth-order valence-electron chi connectivity index (χ4n) is 1.81. The maximum absolute atomic E-state index is 13.1. The Hall–Kier alpha value is -2.18. The highest BCUT2D eigenvalue weighted by Crippen LogP contribution is 2.20. The normalized spacial score (nSPS) is 10.3. The molecule has 2 aromatic rings. The first-order chi connectivity index (χ1) is 10.9. The van der Waals surface area contributed by atoms with Gasteiger partial charge in [-0.15, -0.1) is 0 Å². The summed E-state index contributed by atoms with van der Waals surface area (Å²) >= 11 is 11.5. The van der Waals surface area contributed by atoms with E-state index in [0.717, 1.165) is 0 Å². The Morgan fingerprint density at radius 3 is 2.70 bits per heavy atom. The predicted molar refractivity (Wildman–Crippen MR) is 86.2 cm³/mol. The number of likely N-dealkylation sites (N-methyl/N-ethyl adjacent to an activating group) is 1. The van der Waals surface area contributed by atoms with Gasteiger partial charge in [0.1, 0.15) is 11.0 Å². The summed E-state index contributed by atoms with van der Waals surface area (Å²) in [5.74, 6) is -1.36. The van der Waals surface area contributed by atoms with E-state index in [-0.39, 0.29) is 22.3 Å². The van der Waals surface area contributed by atoms with Crippen molar-refractivity contribution in [2.45, 2.75) is 0 Å². The highest BCUT2D eigenvalue weighted by atomic mass is 35.5. The smallest absolute Gasteiger partial charge is 0.255 e. The molecule has 1 N–H and O–H groups in total. The topological polar surface area (TPSA) is 62.3 Å². The molecule has 120 valence electrons. The van der Waals surface area contributed by atoms with E-state index in [1.807, 2.05) is 0 Å². The number of carbonyl (C=O) groups is 2. The molecule has 23 heavy (non-hydrogen) atoms. The van der Waals surface area contributed by atoms with Crippen LogP contribution in [0.2, 0.25) is 10.2 Å². The Kier molecular flexibility index (Phi) is 5.52. The maximum atomic E-state index is 13.1. The van der Waals surface area contributed by atoms with Crippen LogP contribution in [-0.2, 0) is 4.79 Å². The Morgan fingerprint density at radius 2 is 2.04 bits per heavy atom. The van der Waals surface area contributed by atoms with Gasteiger partial charge < -0.3 is 10.2 Å². The number of anilines is 1. The van der Waals surface area contributed by atoms with Gasteiger partial charge in [0.15, 0.2) is 0 Å². The van der Waals surface area contributed by atoms with Crippen molar-refractivity contribution in [2.75, 3.05) is 18.9 Å². The molecule has 5 nitrogen and oxygen atoms in total. The lowest BCUT2D eigenvalue weighted by molar-refractivity contribution is -0.116. The fraction of sp³-hybridized carbons (Fsp3) is 0.133. The van der Waals surface area contributed by atoms with Crippen LogP contribution in [0.15, 0.2) is 36.5 Å². The van der Waals surface area contributed by atoms with Crippen LogP contribution in [0, 0.1) is 5.82 Å². The van der Waals surface area contributed by atoms with Gasteiger partial charge in [0.05, 0.1) is 17.1 Å². The summed E-state index contributed by atoms with van der Waals surface area (Å²) in [6, 6.07) is 6.85. The lowest BCUT2D eigenvalue weighted by Crippen LogP contribution is -2.35. The van der Waals surface area contributed by atoms with Crippen LogP contribution in [0.1, 0.15) is 10.4 Å². The van der Waals surface area contributed by atoms with Gasteiger partial charge >= 0.3 is 0 Å². The maximum Gasteiger partial charge on any atom is 0.255 e. The quantitative estimate of drug-likeness (QED) is 0.856. The van der Waals surface area contributed by atoms with E-state index in [4.69, 9.17) is 23.2 Å². The van der Waals surface area contributed by atoms with Crippen LogP contribution in [0.4, 0.5) is 10.1 Å². The fourth-order valence-corrected chi connectivity index (χ4v) is 2.08. The zero-order chi connectivity index (χ0) is 17.0. The van der Waals surface area contributed by atoms with Crippen LogP contribution in [-0.4, -0.2) is 35.3 Å². The number of carbonyl (C=O) groups excluding carboxylic acids is 2. The van der Waals surface area contributed by atoms with Crippen molar-refractivity contribution < 1.29 is 14.0 Å². The first kappa shape index (κ1) is 17.2. The second-order valence-electron chi connectivity index (χ2n) is 4.72. The second kappa shape index (κ2) is 7.39. The number of nitrogens with zero attached hydrogens (tertiary/aromatic N) is 2. The number of amides is 2. The molecule has 0 atom stereocenters. The van der Waals surface area contributed by atoms with Crippen molar-refractivity contribution in [1.29, 1.82) is 0 Å². The molecule has 2 rings (SSSR count). The SMILES string of the molecule is CN(CC(=O)Nc1cccc(F)c1)C(=O)c1cnc(Cl)c(Cl)c1. The summed E-state index contributed by atoms with van der Waals surface area (Å²) in [7, 11) is 1.45. The first-order valence-corrected chi connectivity index (χ1v) is 7.24. The molecule has 0 saturated heterocycles. The molecule has 2 amide bonds. The zero-order valence-corrected chi connectivity index (χ0v) is 13.5. The average Bonchev–Trinajstić information content (AvgIpc) is 2.49. The molecule has 0 radical (unpaired) electrons. The number of aromatic nitrogens is 1. The molecule has 0 aliphatic rings. The van der Waals surface area contributed by atoms with Gasteiger partial charge in [-0.3, -0.25) is 9.59 Å². The van der Waals surface area contributed by atoms with Crippen molar-refractivity contribution in [3.05, 3.63) is 58.1 Å². The largest absolute Gasteiger partial charge is 0.332 e. The molecule has 8 heteroatoms. The second-order valence-corrected chi connectivity index (χ2v) is 5.48. The van der Waals surface area contributed by atoms with Crippen LogP contribution in [0.3, 0.4) is 0 Å². The Balaban J connectivity index is 2.00. The number of hydrogen-bond donors (Lipinski definition) is 1. The highest BCUT2D eigenvalue weighted by Gasteiger charge is 2.16. The molecule has 0 spiro atoms. The minimum atomic E-state index is -0.464. The lowest BCUT2D eigenvalue weighted by atomic mass is 10.2. The van der Waals surface area contributed by atoms with Crippen LogP contribution >= 0.6 is 23.2 Å². The average molecular weight is 356 g/mol. The Bertz CT molecular complexity index is 755. The molecular weight excluding hydrogens is 344 g/mol. The molecule has 0 aliphatic carbocycles. The number of hydrogen-bond acceptors (Lipinski definition) is 3. The first-order valence-electron chi connectivity index (χ1n) is 6.48. The van der Waals surface area contributed by atoms with E-state index in [9.17, 15) is 14.0 Å². The van der Waals surface area contributed by atoms with Gasteiger partial charge in [0.25, 0.3) is 5.91 Å². The number of benzene rings is 1. The van der Waals surface area contributed by atoms with E-state index in [0.29, 0.717) is 5.69 Å². The number of rotatable bonds is 4. The Labute approximate surface area is 142 Å². The van der Waals surface area contributed by atoms with Crippen molar-refractivity contribution in [1.82, 2.24) is 9.88 Å². The standard InChI is InChI=1S/C15H12Cl2FN3O2/c1-21(15(23)9-5-12(16)14(17)19-7-9)8-13(22)20-11-4-2-3-10(18)6-11/h2-7H,8H2,1H3,(H,20,22). The van der Waals surface area contributed by atoms with Crippen molar-refractivity contribution in [2.24, 2.45) is 0 Å². The summed E-state index contributed by atoms with van der Waals surface area (Å²) in [6.45, 7) is -0.213. The summed E-state index contributed by atoms with van der Waals surface area (Å²) in [5.41, 5.74) is 0.521. The van der Waals surface area contributed by atoms with Gasteiger partial charge in [0, 0.05) is 18.9 Å². The molecule has 0 bridgehead atoms. The summed E-state index contributed by atoms with van der Waals surface area (Å²) in [5, 5.41) is 2.75. The van der Waals surface area contributed by atoms with Gasteiger partial charge in [0.2, 0.25) is 5.91 Å². The van der Waals surface area contributed by atoms with E-state index < -0.39 is 17.6 Å². The molecule has 0 unspecified atom stereocenters. The molecule has 1 aromatic heterocycles. The third kappa shape index (κ3) is 4.64.